The first-order valence-electron chi connectivity index (χ1n) is 7.13. The van der Waals surface area contributed by atoms with Gasteiger partial charge in [0.2, 0.25) is 0 Å². The average molecular weight is 419 g/mol. The summed E-state index contributed by atoms with van der Waals surface area (Å²) in [5, 5.41) is 0. The molecule has 116 valence electrons. The Morgan fingerprint density at radius 2 is 1.30 bits per heavy atom. The monoisotopic (exact) mass is 418 g/mol. The molecule has 0 bridgehead atoms. The van der Waals surface area contributed by atoms with E-state index >= 15 is 0 Å². The number of ether oxygens (including phenoxy) is 1. The van der Waals surface area contributed by atoms with Crippen LogP contribution in [0, 0.1) is 11.6 Å². The second-order valence-electron chi connectivity index (χ2n) is 4.99. The molecule has 0 radical (unpaired) electrons. The van der Waals surface area contributed by atoms with E-state index in [1.807, 2.05) is 42.5 Å². The van der Waals surface area contributed by atoms with Gasteiger partial charge in [-0.05, 0) is 0 Å². The van der Waals surface area contributed by atoms with Gasteiger partial charge in [0.05, 0.1) is 0 Å². The van der Waals surface area contributed by atoms with Crippen molar-refractivity contribution in [2.45, 2.75) is 0 Å². The quantitative estimate of drug-likeness (QED) is 0.591. The molecule has 3 rings (SSSR count). The van der Waals surface area contributed by atoms with Crippen LogP contribution in [0.25, 0.3) is 0 Å². The molecule has 0 spiro atoms. The second-order valence-corrected chi connectivity index (χ2v) is 11.3. The van der Waals surface area contributed by atoms with Crippen molar-refractivity contribution in [2.24, 2.45) is 0 Å². The third kappa shape index (κ3) is 3.73. The van der Waals surface area contributed by atoms with Crippen LogP contribution in [0.1, 0.15) is 0 Å². The van der Waals surface area contributed by atoms with Crippen LogP contribution >= 0.6 is 0 Å². The Balaban J connectivity index is 2.10. The molecule has 0 N–H and O–H groups in total. The van der Waals surface area contributed by atoms with E-state index in [9.17, 15) is 8.78 Å². The molecule has 3 aromatic rings. The third-order valence-corrected chi connectivity index (χ3v) is 10.4. The zero-order valence-corrected chi connectivity index (χ0v) is 15.1. The van der Waals surface area contributed by atoms with Crippen molar-refractivity contribution in [3.63, 3.8) is 0 Å². The molecule has 0 amide bonds. The Bertz CT molecular complexity index is 785. The number of methoxy groups -OCH3 is 1. The summed E-state index contributed by atoms with van der Waals surface area (Å²) in [7, 11) is 1.63. The van der Waals surface area contributed by atoms with Gasteiger partial charge in [0.15, 0.2) is 0 Å². The predicted molar refractivity (Wildman–Crippen MR) is 90.5 cm³/mol. The minimum absolute atomic E-state index is 0.243. The molecule has 0 saturated carbocycles. The van der Waals surface area contributed by atoms with E-state index in [0.29, 0.717) is 0 Å². The van der Waals surface area contributed by atoms with E-state index in [2.05, 4.69) is 0 Å². The maximum atomic E-state index is 13.7. The summed E-state index contributed by atoms with van der Waals surface area (Å²) >= 11 is -2.39. The summed E-state index contributed by atoms with van der Waals surface area (Å²) in [6.45, 7) is 0. The summed E-state index contributed by atoms with van der Waals surface area (Å²) in [6.07, 6.45) is 0. The first kappa shape index (κ1) is 16.0. The molecule has 0 aromatic heterocycles. The molecular formula is C19H15F2OSb. The average Bonchev–Trinajstić information content (AvgIpc) is 2.58. The Hall–Kier alpha value is -1.86. The molecular weight excluding hydrogens is 404 g/mol. The number of rotatable bonds is 4. The van der Waals surface area contributed by atoms with Crippen molar-refractivity contribution < 1.29 is 13.5 Å². The fourth-order valence-corrected chi connectivity index (χ4v) is 8.88. The van der Waals surface area contributed by atoms with Crippen molar-refractivity contribution in [2.75, 3.05) is 7.11 Å². The molecule has 0 aliphatic heterocycles. The van der Waals surface area contributed by atoms with Crippen LogP contribution in [-0.4, -0.2) is 27.3 Å². The summed E-state index contributed by atoms with van der Waals surface area (Å²) in [5.41, 5.74) is 0. The van der Waals surface area contributed by atoms with E-state index in [4.69, 9.17) is 4.74 Å². The van der Waals surface area contributed by atoms with Crippen LogP contribution in [0.3, 0.4) is 0 Å². The fourth-order valence-electron chi connectivity index (χ4n) is 2.38. The SMILES string of the molecule is COc1cc[c]([Sb]([c]2ccc(F)cc2)[c]2cccc(F)c2)cc1. The Kier molecular flexibility index (Phi) is 4.97. The van der Waals surface area contributed by atoms with Gasteiger partial charge >= 0.3 is 142 Å². The summed E-state index contributed by atoms with van der Waals surface area (Å²) in [5.74, 6) is 0.281. The molecule has 23 heavy (non-hydrogen) atoms. The van der Waals surface area contributed by atoms with Crippen molar-refractivity contribution in [3.8, 4) is 5.75 Å². The Morgan fingerprint density at radius 1 is 0.696 bits per heavy atom. The van der Waals surface area contributed by atoms with Crippen molar-refractivity contribution in [1.82, 2.24) is 0 Å². The Morgan fingerprint density at radius 3 is 1.87 bits per heavy atom. The number of halogens is 2. The minimum atomic E-state index is -2.39. The fraction of sp³-hybridized carbons (Fsp3) is 0.0526. The first-order valence-corrected chi connectivity index (χ1v) is 11.0. The Labute approximate surface area is 141 Å². The van der Waals surface area contributed by atoms with Crippen LogP contribution in [-0.2, 0) is 0 Å². The molecule has 0 heterocycles. The predicted octanol–water partition coefficient (Wildman–Crippen LogP) is 2.49. The van der Waals surface area contributed by atoms with Gasteiger partial charge in [-0.25, -0.2) is 0 Å². The van der Waals surface area contributed by atoms with Gasteiger partial charge in [0.25, 0.3) is 0 Å². The standard InChI is InChI=1S/C7H7O.2C6H4F.Sb/c1-8-7-5-3-2-4-6-7;2*7-6-4-2-1-3-5-6;/h3-6H,1H3;2-5H;1-2,4-5H;. The molecule has 3 aromatic carbocycles. The van der Waals surface area contributed by atoms with Crippen molar-refractivity contribution in [1.29, 1.82) is 0 Å². The van der Waals surface area contributed by atoms with E-state index in [1.54, 1.807) is 19.2 Å². The zero-order valence-electron chi connectivity index (χ0n) is 12.5. The van der Waals surface area contributed by atoms with Gasteiger partial charge in [-0.2, -0.15) is 0 Å². The summed E-state index contributed by atoms with van der Waals surface area (Å²) in [6, 6.07) is 21.2. The number of hydrogen-bond acceptors (Lipinski definition) is 1. The van der Waals surface area contributed by atoms with E-state index in [-0.39, 0.29) is 11.6 Å². The van der Waals surface area contributed by atoms with Crippen LogP contribution in [0.15, 0.2) is 72.8 Å². The van der Waals surface area contributed by atoms with Crippen LogP contribution in [0.5, 0.6) is 5.75 Å². The normalized spacial score (nSPS) is 10.8. The van der Waals surface area contributed by atoms with Crippen LogP contribution in [0.2, 0.25) is 0 Å². The summed E-state index contributed by atoms with van der Waals surface area (Å²) < 4.78 is 35.4. The van der Waals surface area contributed by atoms with Gasteiger partial charge in [0, 0.05) is 0 Å². The zero-order chi connectivity index (χ0) is 16.2. The van der Waals surface area contributed by atoms with Crippen LogP contribution < -0.4 is 15.3 Å². The van der Waals surface area contributed by atoms with Crippen molar-refractivity contribution >= 4 is 30.7 Å². The molecule has 0 fully saturated rings. The van der Waals surface area contributed by atoms with E-state index in [0.717, 1.165) is 12.8 Å². The number of benzene rings is 3. The topological polar surface area (TPSA) is 9.23 Å². The van der Waals surface area contributed by atoms with Gasteiger partial charge in [-0.15, -0.1) is 0 Å². The van der Waals surface area contributed by atoms with Crippen LogP contribution in [0.4, 0.5) is 8.78 Å². The van der Waals surface area contributed by atoms with Gasteiger partial charge in [-0.3, -0.25) is 0 Å². The molecule has 0 aliphatic rings. The molecule has 0 saturated heterocycles. The third-order valence-electron chi connectivity index (χ3n) is 3.48. The summed E-state index contributed by atoms with van der Waals surface area (Å²) in [4.78, 5) is 0. The van der Waals surface area contributed by atoms with Gasteiger partial charge in [0.1, 0.15) is 0 Å². The second kappa shape index (κ2) is 7.14. The molecule has 0 unspecified atom stereocenters. The molecule has 0 atom stereocenters. The maximum absolute atomic E-state index is 13.7. The van der Waals surface area contributed by atoms with Gasteiger partial charge in [-0.1, -0.05) is 0 Å². The molecule has 1 nitrogen and oxygen atoms in total. The van der Waals surface area contributed by atoms with Crippen molar-refractivity contribution in [3.05, 3.63) is 84.4 Å². The van der Waals surface area contributed by atoms with Gasteiger partial charge < -0.3 is 0 Å². The molecule has 4 heteroatoms. The van der Waals surface area contributed by atoms with E-state index < -0.39 is 20.2 Å². The first-order chi connectivity index (χ1) is 11.2. The number of hydrogen-bond donors (Lipinski definition) is 0. The molecule has 0 aliphatic carbocycles. The van der Waals surface area contributed by atoms with E-state index in [1.165, 1.54) is 21.7 Å².